The number of aromatic nitrogens is 3. The quantitative estimate of drug-likeness (QED) is 0.240. The number of anilines is 1. The summed E-state index contributed by atoms with van der Waals surface area (Å²) in [5, 5.41) is 8.47. The van der Waals surface area contributed by atoms with Gasteiger partial charge < -0.3 is 10.1 Å². The third kappa shape index (κ3) is 4.90. The third-order valence-electron chi connectivity index (χ3n) is 5.94. The predicted octanol–water partition coefficient (Wildman–Crippen LogP) is 6.23. The number of halogens is 1. The second kappa shape index (κ2) is 10.4. The molecule has 1 N–H and O–H groups in total. The number of thioether (sulfide) groups is 1. The van der Waals surface area contributed by atoms with Gasteiger partial charge in [0.25, 0.3) is 0 Å². The third-order valence-corrected chi connectivity index (χ3v) is 6.85. The van der Waals surface area contributed by atoms with Crippen LogP contribution in [-0.2, 0) is 15.3 Å². The maximum Gasteiger partial charge on any atom is 0.338 e. The Morgan fingerprint density at radius 2 is 1.72 bits per heavy atom. The van der Waals surface area contributed by atoms with Crippen molar-refractivity contribution in [3.8, 4) is 11.1 Å². The molecule has 0 bridgehead atoms. The van der Waals surface area contributed by atoms with Crippen LogP contribution in [-0.4, -0.2) is 27.3 Å². The molecule has 0 saturated carbocycles. The first-order valence-electron chi connectivity index (χ1n) is 11.7. The van der Waals surface area contributed by atoms with Crippen LogP contribution in [0.25, 0.3) is 11.1 Å². The van der Waals surface area contributed by atoms with Crippen LogP contribution in [0, 0.1) is 5.82 Å². The van der Waals surface area contributed by atoms with Gasteiger partial charge in [-0.15, -0.1) is 5.10 Å². The van der Waals surface area contributed by atoms with Crippen molar-refractivity contribution in [1.82, 2.24) is 14.8 Å². The minimum absolute atomic E-state index is 0.250. The average molecular weight is 501 g/mol. The van der Waals surface area contributed by atoms with Gasteiger partial charge in [-0.1, -0.05) is 78.5 Å². The molecule has 0 radical (unpaired) electrons. The molecule has 182 valence electrons. The van der Waals surface area contributed by atoms with Crippen molar-refractivity contribution in [2.75, 3.05) is 11.9 Å². The Morgan fingerprint density at radius 1 is 1.03 bits per heavy atom. The highest BCUT2D eigenvalue weighted by molar-refractivity contribution is 7.98. The Kier molecular flexibility index (Phi) is 6.86. The summed E-state index contributed by atoms with van der Waals surface area (Å²) in [6.45, 7) is 3.82. The van der Waals surface area contributed by atoms with Crippen LogP contribution >= 0.6 is 11.8 Å². The van der Waals surface area contributed by atoms with E-state index in [9.17, 15) is 9.18 Å². The fourth-order valence-corrected chi connectivity index (χ4v) is 4.98. The molecule has 1 atom stereocenters. The van der Waals surface area contributed by atoms with E-state index in [-0.39, 0.29) is 12.4 Å². The molecule has 0 saturated heterocycles. The lowest BCUT2D eigenvalue weighted by Crippen LogP contribution is -2.29. The molecule has 8 heteroatoms. The molecule has 3 aromatic carbocycles. The van der Waals surface area contributed by atoms with Crippen LogP contribution in [0.3, 0.4) is 0 Å². The number of hydrogen-bond acceptors (Lipinski definition) is 6. The van der Waals surface area contributed by atoms with Crippen LogP contribution in [0.2, 0.25) is 0 Å². The van der Waals surface area contributed by atoms with E-state index >= 15 is 0 Å². The van der Waals surface area contributed by atoms with Gasteiger partial charge in [0, 0.05) is 11.4 Å². The molecule has 36 heavy (non-hydrogen) atoms. The molecule has 1 aliphatic rings. The predicted molar refractivity (Wildman–Crippen MR) is 139 cm³/mol. The Labute approximate surface area is 213 Å². The van der Waals surface area contributed by atoms with E-state index in [4.69, 9.17) is 9.84 Å². The number of rotatable bonds is 7. The second-order valence-electron chi connectivity index (χ2n) is 8.35. The van der Waals surface area contributed by atoms with Gasteiger partial charge >= 0.3 is 5.97 Å². The lowest BCUT2D eigenvalue weighted by Gasteiger charge is -2.28. The Bertz CT molecular complexity index is 1400. The maximum atomic E-state index is 13.6. The molecule has 4 aromatic rings. The number of nitrogens with one attached hydrogen (secondary N) is 1. The van der Waals surface area contributed by atoms with Crippen molar-refractivity contribution in [2.24, 2.45) is 0 Å². The molecule has 2 heterocycles. The first-order valence-corrected chi connectivity index (χ1v) is 12.7. The highest BCUT2D eigenvalue weighted by Gasteiger charge is 2.35. The monoisotopic (exact) mass is 500 g/mol. The first-order chi connectivity index (χ1) is 17.5. The number of carbonyl (C=O) groups is 1. The van der Waals surface area contributed by atoms with Gasteiger partial charge in [-0.3, -0.25) is 0 Å². The second-order valence-corrected chi connectivity index (χ2v) is 9.29. The highest BCUT2D eigenvalue weighted by Crippen LogP contribution is 2.37. The fraction of sp³-hybridized carbons (Fsp3) is 0.179. The normalized spacial score (nSPS) is 14.8. The summed E-state index contributed by atoms with van der Waals surface area (Å²) in [6, 6.07) is 24.2. The molecule has 0 amide bonds. The van der Waals surface area contributed by atoms with Crippen LogP contribution in [0.1, 0.15) is 31.0 Å². The SMILES string of the molecule is CCOC(=O)C1=C(C)Nc2nc(SCc3ccc(-c4ccccc4)cc3)nn2[C@H]1c1ccc(F)cc1. The lowest BCUT2D eigenvalue weighted by atomic mass is 9.96. The van der Waals surface area contributed by atoms with Crippen molar-refractivity contribution in [3.63, 3.8) is 0 Å². The van der Waals surface area contributed by atoms with Gasteiger partial charge in [-0.2, -0.15) is 4.98 Å². The van der Waals surface area contributed by atoms with Crippen molar-refractivity contribution in [1.29, 1.82) is 0 Å². The summed E-state index contributed by atoms with van der Waals surface area (Å²) >= 11 is 1.51. The van der Waals surface area contributed by atoms with Crippen molar-refractivity contribution in [3.05, 3.63) is 107 Å². The van der Waals surface area contributed by atoms with Gasteiger partial charge in [0.15, 0.2) is 0 Å². The number of nitrogens with zero attached hydrogens (tertiary/aromatic N) is 3. The van der Waals surface area contributed by atoms with E-state index in [1.54, 1.807) is 23.7 Å². The summed E-state index contributed by atoms with van der Waals surface area (Å²) in [6.07, 6.45) is 0. The molecular formula is C28H25FN4O2S. The molecular weight excluding hydrogens is 475 g/mol. The van der Waals surface area contributed by atoms with Crippen molar-refractivity contribution in [2.45, 2.75) is 30.8 Å². The average Bonchev–Trinajstić information content (AvgIpc) is 3.30. The van der Waals surface area contributed by atoms with E-state index in [1.165, 1.54) is 35.0 Å². The number of esters is 1. The van der Waals surface area contributed by atoms with Crippen LogP contribution < -0.4 is 5.32 Å². The molecule has 0 aliphatic carbocycles. The smallest absolute Gasteiger partial charge is 0.338 e. The Morgan fingerprint density at radius 3 is 2.42 bits per heavy atom. The number of hydrogen-bond donors (Lipinski definition) is 1. The van der Waals surface area contributed by atoms with Crippen LogP contribution in [0.5, 0.6) is 0 Å². The number of ether oxygens (including phenoxy) is 1. The van der Waals surface area contributed by atoms with Gasteiger partial charge in [0.05, 0.1) is 12.2 Å². The van der Waals surface area contributed by atoms with Crippen LogP contribution in [0.15, 0.2) is 95.3 Å². The number of fused-ring (bicyclic) bond motifs is 1. The zero-order valence-corrected chi connectivity index (χ0v) is 20.8. The zero-order valence-electron chi connectivity index (χ0n) is 19.9. The minimum atomic E-state index is -0.576. The molecule has 0 fully saturated rings. The van der Waals surface area contributed by atoms with Crippen molar-refractivity contribution < 1.29 is 13.9 Å². The van der Waals surface area contributed by atoms with Gasteiger partial charge in [-0.25, -0.2) is 13.9 Å². The zero-order chi connectivity index (χ0) is 25.1. The van der Waals surface area contributed by atoms with E-state index < -0.39 is 12.0 Å². The number of carbonyl (C=O) groups excluding carboxylic acids is 1. The number of allylic oxidation sites excluding steroid dienone is 1. The largest absolute Gasteiger partial charge is 0.463 e. The molecule has 6 nitrogen and oxygen atoms in total. The lowest BCUT2D eigenvalue weighted by molar-refractivity contribution is -0.139. The summed E-state index contributed by atoms with van der Waals surface area (Å²) < 4.78 is 20.6. The molecule has 1 aliphatic heterocycles. The van der Waals surface area contributed by atoms with E-state index in [0.29, 0.717) is 28.1 Å². The maximum absolute atomic E-state index is 13.6. The summed E-state index contributed by atoms with van der Waals surface area (Å²) in [4.78, 5) is 17.5. The number of benzene rings is 3. The molecule has 5 rings (SSSR count). The van der Waals surface area contributed by atoms with Gasteiger partial charge in [0.2, 0.25) is 11.1 Å². The van der Waals surface area contributed by atoms with E-state index in [1.807, 2.05) is 25.1 Å². The Balaban J connectivity index is 1.39. The fourth-order valence-electron chi connectivity index (χ4n) is 4.19. The highest BCUT2D eigenvalue weighted by atomic mass is 32.2. The first kappa shape index (κ1) is 23.8. The molecule has 0 spiro atoms. The van der Waals surface area contributed by atoms with Gasteiger partial charge in [-0.05, 0) is 48.2 Å². The minimum Gasteiger partial charge on any atom is -0.463 e. The van der Waals surface area contributed by atoms with Crippen LogP contribution in [0.4, 0.5) is 10.3 Å². The van der Waals surface area contributed by atoms with Gasteiger partial charge in [0.1, 0.15) is 11.9 Å². The molecule has 1 aromatic heterocycles. The van der Waals surface area contributed by atoms with E-state index in [2.05, 4.69) is 46.7 Å². The summed E-state index contributed by atoms with van der Waals surface area (Å²) in [5.74, 6) is 0.429. The summed E-state index contributed by atoms with van der Waals surface area (Å²) in [5.41, 5.74) is 5.28. The standard InChI is InChI=1S/C28H25FN4O2S/c1-3-35-26(34)24-18(2)30-27-31-28(32-33(27)25(24)22-13-15-23(29)16-14-22)36-17-19-9-11-21(12-10-19)20-7-5-4-6-8-20/h4-16,25H,3,17H2,1-2H3,(H,30,31,32)/t25-/m0/s1. The van der Waals surface area contributed by atoms with E-state index in [0.717, 1.165) is 11.1 Å². The summed E-state index contributed by atoms with van der Waals surface area (Å²) in [7, 11) is 0. The topological polar surface area (TPSA) is 69.0 Å². The van der Waals surface area contributed by atoms with Crippen molar-refractivity contribution >= 4 is 23.7 Å². The Hall–Kier alpha value is -3.91. The molecule has 0 unspecified atom stereocenters.